The van der Waals surface area contributed by atoms with Gasteiger partial charge in [-0.25, -0.2) is 4.98 Å². The van der Waals surface area contributed by atoms with Crippen LogP contribution in [0.5, 0.6) is 0 Å². The Morgan fingerprint density at radius 3 is 2.94 bits per heavy atom. The average molecular weight is 283 g/mol. The van der Waals surface area contributed by atoms with Gasteiger partial charge in [0.2, 0.25) is 0 Å². The van der Waals surface area contributed by atoms with Crippen molar-refractivity contribution >= 4 is 32.7 Å². The van der Waals surface area contributed by atoms with Crippen LogP contribution in [0.15, 0.2) is 18.2 Å². The van der Waals surface area contributed by atoms with Crippen LogP contribution in [0.25, 0.3) is 11.0 Å². The number of Topliss-reactive ketones (excluding diaryl/α,β-unsaturated/α-hetero) is 1. The molecular weight excluding hydrogens is 272 g/mol. The number of alkyl halides is 1. The number of hydrogen-bond donors (Lipinski definition) is 1. The highest BCUT2D eigenvalue weighted by atomic mass is 79.9. The molecule has 0 aliphatic rings. The summed E-state index contributed by atoms with van der Waals surface area (Å²) in [6, 6.07) is 5.37. The Morgan fingerprint density at radius 1 is 1.56 bits per heavy atom. The Kier molecular flexibility index (Phi) is 3.07. The quantitative estimate of drug-likeness (QED) is 0.688. The number of aliphatic hydroxyl groups is 1. The average Bonchev–Trinajstić information content (AvgIpc) is 2.64. The van der Waals surface area contributed by atoms with Crippen LogP contribution in [0.3, 0.4) is 0 Å². The second-order valence-corrected chi connectivity index (χ2v) is 4.07. The number of hydrogen-bond acceptors (Lipinski definition) is 3. The molecule has 5 heteroatoms. The molecule has 0 spiro atoms. The molecule has 1 heterocycles. The van der Waals surface area contributed by atoms with Gasteiger partial charge in [0.15, 0.2) is 5.78 Å². The first-order valence-corrected chi connectivity index (χ1v) is 5.95. The van der Waals surface area contributed by atoms with Gasteiger partial charge >= 0.3 is 0 Å². The summed E-state index contributed by atoms with van der Waals surface area (Å²) in [5.74, 6) is 0.622. The number of benzene rings is 1. The van der Waals surface area contributed by atoms with Gasteiger partial charge in [0.05, 0.1) is 16.4 Å². The maximum absolute atomic E-state index is 11.5. The molecule has 2 rings (SSSR count). The molecule has 0 aliphatic carbocycles. The van der Waals surface area contributed by atoms with Crippen molar-refractivity contribution in [3.63, 3.8) is 0 Å². The molecule has 0 fully saturated rings. The summed E-state index contributed by atoms with van der Waals surface area (Å²) in [4.78, 5) is 15.7. The SMILES string of the molecule is Cn1c(CO)nc2cc(C(=O)CBr)ccc21. The molecule has 1 N–H and O–H groups in total. The predicted molar refractivity (Wildman–Crippen MR) is 64.8 cm³/mol. The fourth-order valence-corrected chi connectivity index (χ4v) is 1.97. The number of halogens is 1. The van der Waals surface area contributed by atoms with Gasteiger partial charge in [-0.15, -0.1) is 0 Å². The molecule has 0 saturated carbocycles. The second-order valence-electron chi connectivity index (χ2n) is 3.51. The van der Waals surface area contributed by atoms with Gasteiger partial charge in [-0.1, -0.05) is 15.9 Å². The van der Waals surface area contributed by atoms with Gasteiger partial charge in [0.1, 0.15) is 12.4 Å². The summed E-state index contributed by atoms with van der Waals surface area (Å²) in [5, 5.41) is 9.39. The summed E-state index contributed by atoms with van der Waals surface area (Å²) >= 11 is 3.13. The number of ketones is 1. The molecule has 0 unspecified atom stereocenters. The summed E-state index contributed by atoms with van der Waals surface area (Å²) < 4.78 is 1.82. The zero-order valence-electron chi connectivity index (χ0n) is 8.77. The van der Waals surface area contributed by atoms with E-state index in [0.717, 1.165) is 11.0 Å². The van der Waals surface area contributed by atoms with Crippen LogP contribution in [-0.4, -0.2) is 25.8 Å². The van der Waals surface area contributed by atoms with Crippen molar-refractivity contribution < 1.29 is 9.90 Å². The van der Waals surface area contributed by atoms with Crippen LogP contribution < -0.4 is 0 Å². The molecule has 1 aromatic heterocycles. The summed E-state index contributed by atoms with van der Waals surface area (Å²) in [6.45, 7) is -0.104. The van der Waals surface area contributed by atoms with Gasteiger partial charge in [-0.3, -0.25) is 4.79 Å². The molecule has 0 atom stereocenters. The molecule has 0 bridgehead atoms. The standard InChI is InChI=1S/C11H11BrN2O2/c1-14-9-3-2-7(10(16)5-12)4-8(9)13-11(14)6-15/h2-4,15H,5-6H2,1H3. The van der Waals surface area contributed by atoms with Crippen LogP contribution in [0, 0.1) is 0 Å². The molecule has 16 heavy (non-hydrogen) atoms. The van der Waals surface area contributed by atoms with Crippen molar-refractivity contribution in [1.29, 1.82) is 0 Å². The first-order chi connectivity index (χ1) is 7.67. The highest BCUT2D eigenvalue weighted by Gasteiger charge is 2.10. The number of imidazole rings is 1. The van der Waals surface area contributed by atoms with Gasteiger partial charge in [0, 0.05) is 12.6 Å². The molecule has 0 aliphatic heterocycles. The minimum atomic E-state index is -0.104. The molecule has 1 aromatic carbocycles. The Morgan fingerprint density at radius 2 is 2.31 bits per heavy atom. The highest BCUT2D eigenvalue weighted by Crippen LogP contribution is 2.17. The fourth-order valence-electron chi connectivity index (χ4n) is 1.64. The molecule has 0 saturated heterocycles. The molecular formula is C11H11BrN2O2. The Balaban J connectivity index is 2.59. The molecule has 4 nitrogen and oxygen atoms in total. The van der Waals surface area contributed by atoms with Crippen LogP contribution in [0.1, 0.15) is 16.2 Å². The number of fused-ring (bicyclic) bond motifs is 1. The number of carbonyl (C=O) groups excluding carboxylic acids is 1. The van der Waals surface area contributed by atoms with E-state index in [2.05, 4.69) is 20.9 Å². The maximum Gasteiger partial charge on any atom is 0.173 e. The van der Waals surface area contributed by atoms with E-state index in [1.165, 1.54) is 0 Å². The van der Waals surface area contributed by atoms with Crippen LogP contribution in [0.2, 0.25) is 0 Å². The van der Waals surface area contributed by atoms with E-state index < -0.39 is 0 Å². The molecule has 0 amide bonds. The highest BCUT2D eigenvalue weighted by molar-refractivity contribution is 9.09. The van der Waals surface area contributed by atoms with Crippen LogP contribution >= 0.6 is 15.9 Å². The van der Waals surface area contributed by atoms with Crippen LogP contribution in [-0.2, 0) is 13.7 Å². The van der Waals surface area contributed by atoms with Crippen molar-refractivity contribution in [3.05, 3.63) is 29.6 Å². The van der Waals surface area contributed by atoms with Gasteiger partial charge in [-0.05, 0) is 18.2 Å². The lowest BCUT2D eigenvalue weighted by Gasteiger charge is -1.99. The van der Waals surface area contributed by atoms with Crippen LogP contribution in [0.4, 0.5) is 0 Å². The van der Waals surface area contributed by atoms with Crippen molar-refractivity contribution in [1.82, 2.24) is 9.55 Å². The third-order valence-corrected chi connectivity index (χ3v) is 3.07. The van der Waals surface area contributed by atoms with E-state index in [1.807, 2.05) is 17.7 Å². The monoisotopic (exact) mass is 282 g/mol. The van der Waals surface area contributed by atoms with E-state index in [0.29, 0.717) is 16.7 Å². The van der Waals surface area contributed by atoms with Crippen molar-refractivity contribution in [2.24, 2.45) is 7.05 Å². The fraction of sp³-hybridized carbons (Fsp3) is 0.273. The lowest BCUT2D eigenvalue weighted by Crippen LogP contribution is -1.99. The Hall–Kier alpha value is -1.20. The maximum atomic E-state index is 11.5. The van der Waals surface area contributed by atoms with Gasteiger partial charge in [0.25, 0.3) is 0 Å². The van der Waals surface area contributed by atoms with E-state index in [-0.39, 0.29) is 12.4 Å². The largest absolute Gasteiger partial charge is 0.388 e. The minimum Gasteiger partial charge on any atom is -0.388 e. The molecule has 2 aromatic rings. The topological polar surface area (TPSA) is 55.1 Å². The number of rotatable bonds is 3. The first-order valence-electron chi connectivity index (χ1n) is 4.82. The minimum absolute atomic E-state index is 0.0260. The van der Waals surface area contributed by atoms with Gasteiger partial charge in [-0.2, -0.15) is 0 Å². The summed E-state index contributed by atoms with van der Waals surface area (Å²) in [7, 11) is 1.84. The van der Waals surface area contributed by atoms with E-state index in [9.17, 15) is 4.79 Å². The zero-order chi connectivity index (χ0) is 11.7. The third-order valence-electron chi connectivity index (χ3n) is 2.56. The predicted octanol–water partition coefficient (Wildman–Crippen LogP) is 1.64. The van der Waals surface area contributed by atoms with E-state index in [4.69, 9.17) is 5.11 Å². The lowest BCUT2D eigenvalue weighted by atomic mass is 10.1. The van der Waals surface area contributed by atoms with Gasteiger partial charge < -0.3 is 9.67 Å². The van der Waals surface area contributed by atoms with Crippen molar-refractivity contribution in [2.45, 2.75) is 6.61 Å². The number of nitrogens with zero attached hydrogens (tertiary/aromatic N) is 2. The zero-order valence-corrected chi connectivity index (χ0v) is 10.4. The molecule has 84 valence electrons. The lowest BCUT2D eigenvalue weighted by molar-refractivity contribution is 0.102. The number of carbonyl (C=O) groups is 1. The Bertz CT molecular complexity index is 548. The van der Waals surface area contributed by atoms with Crippen molar-refractivity contribution in [2.75, 3.05) is 5.33 Å². The third kappa shape index (κ3) is 1.76. The molecule has 0 radical (unpaired) electrons. The van der Waals surface area contributed by atoms with E-state index in [1.54, 1.807) is 12.1 Å². The summed E-state index contributed by atoms with van der Waals surface area (Å²) in [6.07, 6.45) is 0. The number of aryl methyl sites for hydroxylation is 1. The van der Waals surface area contributed by atoms with E-state index >= 15 is 0 Å². The van der Waals surface area contributed by atoms with Crippen molar-refractivity contribution in [3.8, 4) is 0 Å². The Labute approximate surface area is 101 Å². The first kappa shape index (κ1) is 11.3. The summed E-state index contributed by atoms with van der Waals surface area (Å²) in [5.41, 5.74) is 2.28. The number of aromatic nitrogens is 2. The smallest absolute Gasteiger partial charge is 0.173 e. The normalized spacial score (nSPS) is 10.9. The number of aliphatic hydroxyl groups excluding tert-OH is 1. The second kappa shape index (κ2) is 4.35.